The number of halogens is 2. The standard InChI is InChI=1S/C32H27F2N5O2S/c33-23-9-6-11-26(40)28(23)29-24(34)15-22-30(38-16-20-13-14-21(17-38)35-20)37-32(41)39(31(22)36-29)25-10-4-5-12-27(25)42-18-19-7-2-1-3-8-19/h1-12,15,20-21,35,40H,13-14,16-18H2. The van der Waals surface area contributed by atoms with Crippen molar-refractivity contribution in [3.63, 3.8) is 0 Å². The number of pyridine rings is 1. The third-order valence-electron chi connectivity index (χ3n) is 7.89. The van der Waals surface area contributed by atoms with Gasteiger partial charge in [-0.3, -0.25) is 0 Å². The Morgan fingerprint density at radius 1 is 0.905 bits per heavy atom. The molecule has 0 spiro atoms. The Morgan fingerprint density at radius 2 is 1.64 bits per heavy atom. The number of nitrogens with one attached hydrogen (secondary N) is 1. The minimum Gasteiger partial charge on any atom is -0.507 e. The Balaban J connectivity index is 1.44. The SMILES string of the molecule is O=c1nc(N2CC3CCC(C2)N3)c2cc(F)c(-c3c(O)cccc3F)nc2n1-c1ccccc1SCc1ccccc1. The summed E-state index contributed by atoms with van der Waals surface area (Å²) in [4.78, 5) is 25.8. The summed E-state index contributed by atoms with van der Waals surface area (Å²) in [6.07, 6.45) is 2.04. The van der Waals surface area contributed by atoms with Crippen LogP contribution in [0.25, 0.3) is 28.0 Å². The molecule has 2 aliphatic heterocycles. The van der Waals surface area contributed by atoms with Crippen LogP contribution in [0.1, 0.15) is 18.4 Å². The topological polar surface area (TPSA) is 83.3 Å². The number of anilines is 1. The van der Waals surface area contributed by atoms with Crippen LogP contribution in [0.15, 0.2) is 88.6 Å². The van der Waals surface area contributed by atoms with Crippen molar-refractivity contribution in [1.82, 2.24) is 19.9 Å². The zero-order valence-electron chi connectivity index (χ0n) is 22.5. The van der Waals surface area contributed by atoms with Gasteiger partial charge >= 0.3 is 5.69 Å². The maximum Gasteiger partial charge on any atom is 0.355 e. The van der Waals surface area contributed by atoms with E-state index in [0.717, 1.165) is 29.4 Å². The van der Waals surface area contributed by atoms with Gasteiger partial charge in [0.25, 0.3) is 0 Å². The Hall–Kier alpha value is -4.28. The van der Waals surface area contributed by atoms with Crippen LogP contribution in [0, 0.1) is 11.6 Å². The monoisotopic (exact) mass is 583 g/mol. The molecule has 2 fully saturated rings. The predicted octanol–water partition coefficient (Wildman–Crippen LogP) is 5.66. The van der Waals surface area contributed by atoms with Gasteiger partial charge in [-0.2, -0.15) is 4.98 Å². The minimum absolute atomic E-state index is 0.141. The van der Waals surface area contributed by atoms with Crippen molar-refractivity contribution in [3.05, 3.63) is 107 Å². The summed E-state index contributed by atoms with van der Waals surface area (Å²) in [5, 5.41) is 14.4. The summed E-state index contributed by atoms with van der Waals surface area (Å²) in [6, 6.07) is 22.9. The van der Waals surface area contributed by atoms with Crippen LogP contribution in [-0.4, -0.2) is 44.8 Å². The number of thioether (sulfide) groups is 1. The molecule has 5 aromatic rings. The quantitative estimate of drug-likeness (QED) is 0.250. The summed E-state index contributed by atoms with van der Waals surface area (Å²) < 4.78 is 32.1. The van der Waals surface area contributed by atoms with Gasteiger partial charge in [0.1, 0.15) is 23.1 Å². The summed E-state index contributed by atoms with van der Waals surface area (Å²) in [5.74, 6) is -1.06. The van der Waals surface area contributed by atoms with Gasteiger partial charge in [0, 0.05) is 35.8 Å². The highest BCUT2D eigenvalue weighted by atomic mass is 32.2. The lowest BCUT2D eigenvalue weighted by molar-refractivity contribution is 0.463. The molecule has 2 atom stereocenters. The van der Waals surface area contributed by atoms with Crippen molar-refractivity contribution in [3.8, 4) is 22.7 Å². The highest BCUT2D eigenvalue weighted by Crippen LogP contribution is 2.37. The van der Waals surface area contributed by atoms with Crippen molar-refractivity contribution in [2.75, 3.05) is 18.0 Å². The molecule has 0 saturated carbocycles. The summed E-state index contributed by atoms with van der Waals surface area (Å²) in [7, 11) is 0. The molecule has 2 aliphatic rings. The molecule has 42 heavy (non-hydrogen) atoms. The number of benzene rings is 3. The van der Waals surface area contributed by atoms with Crippen LogP contribution < -0.4 is 15.9 Å². The van der Waals surface area contributed by atoms with E-state index in [1.165, 1.54) is 22.8 Å². The first-order valence-corrected chi connectivity index (χ1v) is 14.8. The average molecular weight is 584 g/mol. The van der Waals surface area contributed by atoms with Gasteiger partial charge in [0.2, 0.25) is 0 Å². The van der Waals surface area contributed by atoms with Gasteiger partial charge in [0.05, 0.1) is 16.6 Å². The van der Waals surface area contributed by atoms with Crippen LogP contribution >= 0.6 is 11.8 Å². The largest absolute Gasteiger partial charge is 0.507 e. The molecule has 2 bridgehead atoms. The van der Waals surface area contributed by atoms with Crippen molar-refractivity contribution in [2.45, 2.75) is 35.6 Å². The highest BCUT2D eigenvalue weighted by molar-refractivity contribution is 7.98. The third kappa shape index (κ3) is 4.80. The number of hydrogen-bond donors (Lipinski definition) is 2. The fourth-order valence-corrected chi connectivity index (χ4v) is 6.95. The Morgan fingerprint density at radius 3 is 2.40 bits per heavy atom. The van der Waals surface area contributed by atoms with E-state index in [1.807, 2.05) is 53.4 Å². The molecule has 2 N–H and O–H groups in total. The summed E-state index contributed by atoms with van der Waals surface area (Å²) >= 11 is 1.55. The molecule has 0 radical (unpaired) electrons. The number of hydrogen-bond acceptors (Lipinski definition) is 7. The Bertz CT molecular complexity index is 1830. The second-order valence-electron chi connectivity index (χ2n) is 10.7. The number of fused-ring (bicyclic) bond motifs is 3. The summed E-state index contributed by atoms with van der Waals surface area (Å²) in [5.41, 5.74) is 0.491. The van der Waals surface area contributed by atoms with E-state index >= 15 is 4.39 Å². The van der Waals surface area contributed by atoms with Gasteiger partial charge < -0.3 is 15.3 Å². The Kier molecular flexibility index (Phi) is 6.87. The van der Waals surface area contributed by atoms with Gasteiger partial charge in [-0.05, 0) is 48.7 Å². The third-order valence-corrected chi connectivity index (χ3v) is 9.02. The maximum absolute atomic E-state index is 15.8. The number of phenolic OH excluding ortho intramolecular Hbond substituents is 1. The molecule has 0 aliphatic carbocycles. The van der Waals surface area contributed by atoms with Gasteiger partial charge in [-0.1, -0.05) is 48.5 Å². The fourth-order valence-electron chi connectivity index (χ4n) is 5.96. The lowest BCUT2D eigenvalue weighted by Gasteiger charge is -2.34. The molecule has 7 nitrogen and oxygen atoms in total. The van der Waals surface area contributed by atoms with E-state index in [0.29, 0.717) is 35.7 Å². The maximum atomic E-state index is 15.8. The molecular formula is C32H27F2N5O2S. The molecule has 2 aromatic heterocycles. The van der Waals surface area contributed by atoms with Crippen molar-refractivity contribution in [1.29, 1.82) is 0 Å². The van der Waals surface area contributed by atoms with Crippen molar-refractivity contribution in [2.24, 2.45) is 0 Å². The molecule has 2 saturated heterocycles. The number of aromatic hydroxyl groups is 1. The first-order chi connectivity index (χ1) is 20.5. The van der Waals surface area contributed by atoms with Crippen LogP contribution in [0.2, 0.25) is 0 Å². The molecule has 3 aromatic carbocycles. The molecule has 4 heterocycles. The van der Waals surface area contributed by atoms with E-state index in [1.54, 1.807) is 17.8 Å². The second-order valence-corrected chi connectivity index (χ2v) is 11.7. The van der Waals surface area contributed by atoms with Crippen LogP contribution in [0.3, 0.4) is 0 Å². The van der Waals surface area contributed by atoms with Crippen molar-refractivity contribution < 1.29 is 13.9 Å². The highest BCUT2D eigenvalue weighted by Gasteiger charge is 2.34. The zero-order chi connectivity index (χ0) is 28.8. The summed E-state index contributed by atoms with van der Waals surface area (Å²) in [6.45, 7) is 1.26. The fraction of sp³-hybridized carbons (Fsp3) is 0.219. The number of nitrogens with zero attached hydrogens (tertiary/aromatic N) is 4. The average Bonchev–Trinajstić information content (AvgIpc) is 3.34. The van der Waals surface area contributed by atoms with E-state index < -0.39 is 23.1 Å². The molecule has 10 heteroatoms. The van der Waals surface area contributed by atoms with Gasteiger partial charge in [-0.15, -0.1) is 11.8 Å². The smallest absolute Gasteiger partial charge is 0.355 e. The van der Waals surface area contributed by atoms with E-state index in [4.69, 9.17) is 0 Å². The lowest BCUT2D eigenvalue weighted by atomic mass is 10.1. The number of piperazine rings is 1. The lowest BCUT2D eigenvalue weighted by Crippen LogP contribution is -2.52. The minimum atomic E-state index is -0.819. The number of aromatic nitrogens is 3. The molecule has 0 amide bonds. The first-order valence-electron chi connectivity index (χ1n) is 13.8. The van der Waals surface area contributed by atoms with Crippen LogP contribution in [0.5, 0.6) is 5.75 Å². The normalized spacial score (nSPS) is 18.1. The molecular weight excluding hydrogens is 556 g/mol. The van der Waals surface area contributed by atoms with E-state index in [-0.39, 0.29) is 29.0 Å². The Labute approximate surface area is 244 Å². The van der Waals surface area contributed by atoms with Gasteiger partial charge in [0.15, 0.2) is 11.5 Å². The van der Waals surface area contributed by atoms with Gasteiger partial charge in [-0.25, -0.2) is 23.1 Å². The second kappa shape index (κ2) is 10.8. The predicted molar refractivity (Wildman–Crippen MR) is 160 cm³/mol. The number of para-hydroxylation sites is 1. The van der Waals surface area contributed by atoms with E-state index in [2.05, 4.69) is 15.3 Å². The molecule has 212 valence electrons. The van der Waals surface area contributed by atoms with Crippen molar-refractivity contribution >= 4 is 28.6 Å². The van der Waals surface area contributed by atoms with E-state index in [9.17, 15) is 14.3 Å². The van der Waals surface area contributed by atoms with Crippen LogP contribution in [-0.2, 0) is 5.75 Å². The number of rotatable bonds is 6. The van der Waals surface area contributed by atoms with Crippen LogP contribution in [0.4, 0.5) is 14.6 Å². The molecule has 2 unspecified atom stereocenters. The first kappa shape index (κ1) is 26.6. The number of phenols is 1. The zero-order valence-corrected chi connectivity index (χ0v) is 23.3. The molecule has 7 rings (SSSR count).